The Labute approximate surface area is 107 Å². The van der Waals surface area contributed by atoms with E-state index in [1.165, 1.54) is 19.3 Å². The molecule has 0 aliphatic heterocycles. The average Bonchev–Trinajstić information content (AvgIpc) is 2.27. The van der Waals surface area contributed by atoms with Crippen LogP contribution < -0.4 is 11.1 Å². The van der Waals surface area contributed by atoms with E-state index in [0.29, 0.717) is 17.8 Å². The molecule has 0 aromatic rings. The minimum atomic E-state index is -0.728. The van der Waals surface area contributed by atoms with Crippen LogP contribution in [0.4, 0.5) is 0 Å². The van der Waals surface area contributed by atoms with E-state index >= 15 is 0 Å². The normalized spacial score (nSPS) is 22.1. The molecule has 4 nitrogen and oxygen atoms in total. The second-order valence-corrected chi connectivity index (χ2v) is 6.47. The maximum atomic E-state index is 11.0. The zero-order chi connectivity index (χ0) is 12.7. The number of nitrogens with one attached hydrogen (secondary N) is 1. The molecule has 0 aromatic carbocycles. The van der Waals surface area contributed by atoms with Gasteiger partial charge in [0.25, 0.3) is 0 Å². The van der Waals surface area contributed by atoms with Gasteiger partial charge in [-0.3, -0.25) is 9.20 Å². The monoisotopic (exact) mass is 259 g/mol. The predicted octanol–water partition coefficient (Wildman–Crippen LogP) is 1.38. The van der Waals surface area contributed by atoms with E-state index in [9.17, 15) is 4.21 Å². The Morgan fingerprint density at radius 3 is 2.71 bits per heavy atom. The molecule has 100 valence electrons. The third-order valence-electron chi connectivity index (χ3n) is 3.13. The molecule has 0 aromatic heterocycles. The fourth-order valence-corrected chi connectivity index (χ4v) is 2.80. The van der Waals surface area contributed by atoms with Crippen LogP contribution in [0.15, 0.2) is 4.99 Å². The molecule has 1 saturated carbocycles. The molecule has 1 aliphatic carbocycles. The minimum absolute atomic E-state index is 0.242. The van der Waals surface area contributed by atoms with Crippen LogP contribution in [0.2, 0.25) is 0 Å². The Bertz CT molecular complexity index is 275. The van der Waals surface area contributed by atoms with Crippen molar-refractivity contribution in [1.29, 1.82) is 0 Å². The molecule has 1 rings (SSSR count). The Kier molecular flexibility index (Phi) is 6.55. The van der Waals surface area contributed by atoms with Crippen LogP contribution in [0.25, 0.3) is 0 Å². The van der Waals surface area contributed by atoms with E-state index in [1.807, 2.05) is 0 Å². The number of nitrogens with zero attached hydrogens (tertiary/aromatic N) is 1. The third-order valence-corrected chi connectivity index (χ3v) is 3.94. The van der Waals surface area contributed by atoms with Crippen molar-refractivity contribution in [3.05, 3.63) is 0 Å². The SMILES string of the molecule is CC(CCS(C)=O)NC(N)=NC1CCCCC1. The van der Waals surface area contributed by atoms with Crippen molar-refractivity contribution < 1.29 is 4.21 Å². The molecule has 0 spiro atoms. The van der Waals surface area contributed by atoms with Gasteiger partial charge in [-0.25, -0.2) is 0 Å². The van der Waals surface area contributed by atoms with Gasteiger partial charge in [-0.1, -0.05) is 19.3 Å². The summed E-state index contributed by atoms with van der Waals surface area (Å²) in [6, 6.07) is 0.648. The molecule has 17 heavy (non-hydrogen) atoms. The lowest BCUT2D eigenvalue weighted by Crippen LogP contribution is -2.40. The van der Waals surface area contributed by atoms with Gasteiger partial charge >= 0.3 is 0 Å². The van der Waals surface area contributed by atoms with Crippen molar-refractivity contribution in [2.75, 3.05) is 12.0 Å². The van der Waals surface area contributed by atoms with Crippen molar-refractivity contribution in [2.24, 2.45) is 10.7 Å². The van der Waals surface area contributed by atoms with E-state index in [0.717, 1.165) is 19.3 Å². The van der Waals surface area contributed by atoms with Gasteiger partial charge in [0.15, 0.2) is 5.96 Å². The number of hydrogen-bond donors (Lipinski definition) is 2. The highest BCUT2D eigenvalue weighted by Gasteiger charge is 2.13. The highest BCUT2D eigenvalue weighted by Crippen LogP contribution is 2.19. The van der Waals surface area contributed by atoms with Crippen molar-refractivity contribution >= 4 is 16.8 Å². The lowest BCUT2D eigenvalue weighted by molar-refractivity contribution is 0.441. The summed E-state index contributed by atoms with van der Waals surface area (Å²) in [5, 5.41) is 3.18. The maximum absolute atomic E-state index is 11.0. The summed E-state index contributed by atoms with van der Waals surface area (Å²) in [5.74, 6) is 1.26. The van der Waals surface area contributed by atoms with Gasteiger partial charge in [0.05, 0.1) is 6.04 Å². The van der Waals surface area contributed by atoms with Gasteiger partial charge in [-0.15, -0.1) is 0 Å². The molecule has 0 heterocycles. The molecule has 0 bridgehead atoms. The fourth-order valence-electron chi connectivity index (χ4n) is 2.11. The molecule has 0 radical (unpaired) electrons. The van der Waals surface area contributed by atoms with Gasteiger partial charge in [0, 0.05) is 28.9 Å². The zero-order valence-corrected chi connectivity index (χ0v) is 11.8. The number of hydrogen-bond acceptors (Lipinski definition) is 2. The highest BCUT2D eigenvalue weighted by atomic mass is 32.2. The highest BCUT2D eigenvalue weighted by molar-refractivity contribution is 7.84. The standard InChI is InChI=1S/C12H25N3OS/c1-10(8-9-17(2)16)14-12(13)15-11-6-4-3-5-7-11/h10-11H,3-9H2,1-2H3,(H3,13,14,15). The van der Waals surface area contributed by atoms with Crippen LogP contribution >= 0.6 is 0 Å². The smallest absolute Gasteiger partial charge is 0.189 e. The lowest BCUT2D eigenvalue weighted by Gasteiger charge is -2.20. The van der Waals surface area contributed by atoms with Gasteiger partial charge < -0.3 is 11.1 Å². The van der Waals surface area contributed by atoms with Crippen LogP contribution in [0, 0.1) is 0 Å². The van der Waals surface area contributed by atoms with Gasteiger partial charge in [0.1, 0.15) is 0 Å². The average molecular weight is 259 g/mol. The molecular weight excluding hydrogens is 234 g/mol. The van der Waals surface area contributed by atoms with Crippen LogP contribution in [0.3, 0.4) is 0 Å². The van der Waals surface area contributed by atoms with Gasteiger partial charge in [-0.05, 0) is 26.2 Å². The molecule has 5 heteroatoms. The van der Waals surface area contributed by atoms with Crippen molar-refractivity contribution in [2.45, 2.75) is 57.5 Å². The maximum Gasteiger partial charge on any atom is 0.189 e. The van der Waals surface area contributed by atoms with Crippen molar-refractivity contribution in [3.63, 3.8) is 0 Å². The van der Waals surface area contributed by atoms with E-state index in [-0.39, 0.29) is 6.04 Å². The Morgan fingerprint density at radius 2 is 2.12 bits per heavy atom. The molecule has 1 aliphatic rings. The van der Waals surface area contributed by atoms with E-state index in [2.05, 4.69) is 17.2 Å². The Balaban J connectivity index is 2.28. The zero-order valence-electron chi connectivity index (χ0n) is 10.9. The second kappa shape index (κ2) is 7.69. The third kappa shape index (κ3) is 6.66. The molecule has 1 fully saturated rings. The summed E-state index contributed by atoms with van der Waals surface area (Å²) >= 11 is 0. The predicted molar refractivity (Wildman–Crippen MR) is 74.6 cm³/mol. The van der Waals surface area contributed by atoms with Crippen LogP contribution in [-0.2, 0) is 10.8 Å². The second-order valence-electron chi connectivity index (χ2n) is 4.92. The minimum Gasteiger partial charge on any atom is -0.370 e. The first kappa shape index (κ1) is 14.5. The summed E-state index contributed by atoms with van der Waals surface area (Å²) in [7, 11) is -0.728. The molecule has 2 atom stereocenters. The lowest BCUT2D eigenvalue weighted by atomic mass is 9.96. The molecule has 2 unspecified atom stereocenters. The molecule has 0 saturated heterocycles. The van der Waals surface area contributed by atoms with Crippen LogP contribution in [-0.4, -0.2) is 34.3 Å². The Morgan fingerprint density at radius 1 is 1.47 bits per heavy atom. The van der Waals surface area contributed by atoms with Crippen molar-refractivity contribution in [1.82, 2.24) is 5.32 Å². The summed E-state index contributed by atoms with van der Waals surface area (Å²) in [4.78, 5) is 4.51. The van der Waals surface area contributed by atoms with Crippen LogP contribution in [0.1, 0.15) is 45.4 Å². The molecule has 3 N–H and O–H groups in total. The first-order chi connectivity index (χ1) is 8.08. The van der Waals surface area contributed by atoms with E-state index < -0.39 is 10.8 Å². The summed E-state index contributed by atoms with van der Waals surface area (Å²) < 4.78 is 11.0. The number of rotatable bonds is 5. The first-order valence-corrected chi connectivity index (χ1v) is 8.20. The van der Waals surface area contributed by atoms with Gasteiger partial charge in [0.2, 0.25) is 0 Å². The Hall–Kier alpha value is -0.580. The van der Waals surface area contributed by atoms with E-state index in [4.69, 9.17) is 5.73 Å². The topological polar surface area (TPSA) is 67.5 Å². The fraction of sp³-hybridized carbons (Fsp3) is 0.917. The quantitative estimate of drug-likeness (QED) is 0.579. The summed E-state index contributed by atoms with van der Waals surface area (Å²) in [6.45, 7) is 2.05. The summed E-state index contributed by atoms with van der Waals surface area (Å²) in [5.41, 5.74) is 5.87. The number of nitrogens with two attached hydrogens (primary N) is 1. The molecular formula is C12H25N3OS. The van der Waals surface area contributed by atoms with Gasteiger partial charge in [-0.2, -0.15) is 0 Å². The number of aliphatic imine (C=N–C) groups is 1. The van der Waals surface area contributed by atoms with Crippen LogP contribution in [0.5, 0.6) is 0 Å². The molecule has 0 amide bonds. The summed E-state index contributed by atoms with van der Waals surface area (Å²) in [6.07, 6.45) is 8.79. The van der Waals surface area contributed by atoms with E-state index in [1.54, 1.807) is 6.26 Å². The number of guanidine groups is 1. The van der Waals surface area contributed by atoms with Crippen molar-refractivity contribution in [3.8, 4) is 0 Å². The largest absolute Gasteiger partial charge is 0.370 e. The first-order valence-electron chi connectivity index (χ1n) is 6.47.